The molecule has 1 aromatic rings. The van der Waals surface area contributed by atoms with Crippen molar-refractivity contribution in [3.63, 3.8) is 0 Å². The normalized spacial score (nSPS) is 18.5. The lowest BCUT2D eigenvalue weighted by Gasteiger charge is -2.23. The Morgan fingerprint density at radius 3 is 2.52 bits per heavy atom. The molecule has 0 heterocycles. The highest BCUT2D eigenvalue weighted by Crippen LogP contribution is 2.36. The number of rotatable bonds is 5. The number of allylic oxidation sites excluding steroid dienone is 1. The minimum Gasteiger partial charge on any atom is -0.389 e. The molecule has 1 aliphatic carbocycles. The molecule has 124 valence electrons. The molecule has 0 spiro atoms. The van der Waals surface area contributed by atoms with Gasteiger partial charge in [-0.05, 0) is 26.2 Å². The highest BCUT2D eigenvalue weighted by molar-refractivity contribution is 6.31. The summed E-state index contributed by atoms with van der Waals surface area (Å²) in [5, 5.41) is 3.24. The van der Waals surface area contributed by atoms with Crippen LogP contribution in [0.25, 0.3) is 0 Å². The fraction of sp³-hybridized carbons (Fsp3) is 0.412. The third kappa shape index (κ3) is 4.39. The van der Waals surface area contributed by atoms with E-state index in [1.165, 1.54) is 18.3 Å². The van der Waals surface area contributed by atoms with Gasteiger partial charge < -0.3 is 10.2 Å². The van der Waals surface area contributed by atoms with Crippen LogP contribution in [0, 0.1) is 5.82 Å². The van der Waals surface area contributed by atoms with Crippen molar-refractivity contribution in [2.75, 3.05) is 27.2 Å². The van der Waals surface area contributed by atoms with Crippen LogP contribution in [0.1, 0.15) is 24.3 Å². The van der Waals surface area contributed by atoms with E-state index in [9.17, 15) is 14.0 Å². The van der Waals surface area contributed by atoms with Crippen molar-refractivity contribution in [1.82, 2.24) is 10.2 Å². The summed E-state index contributed by atoms with van der Waals surface area (Å²) in [6.07, 6.45) is 1.66. The maximum absolute atomic E-state index is 14.0. The van der Waals surface area contributed by atoms with E-state index in [4.69, 9.17) is 11.6 Å². The minimum atomic E-state index is -0.498. The Hall–Kier alpha value is -1.72. The van der Waals surface area contributed by atoms with E-state index in [0.29, 0.717) is 6.54 Å². The lowest BCUT2D eigenvalue weighted by atomic mass is 9.80. The van der Waals surface area contributed by atoms with Crippen LogP contribution in [0.4, 0.5) is 4.39 Å². The molecule has 2 rings (SSSR count). The summed E-state index contributed by atoms with van der Waals surface area (Å²) < 4.78 is 14.0. The van der Waals surface area contributed by atoms with E-state index in [1.54, 1.807) is 6.07 Å². The monoisotopic (exact) mass is 338 g/mol. The van der Waals surface area contributed by atoms with E-state index in [-0.39, 0.29) is 40.6 Å². The van der Waals surface area contributed by atoms with Gasteiger partial charge in [-0.15, -0.1) is 0 Å². The first-order valence-corrected chi connectivity index (χ1v) is 7.86. The molecule has 6 heteroatoms. The number of hydrogen-bond acceptors (Lipinski definition) is 4. The Balaban J connectivity index is 2.09. The quantitative estimate of drug-likeness (QED) is 0.509. The standard InChI is InChI=1S/C17H20ClFN2O2/c1-21(2)7-6-20-10-12-15(22)8-11(9-16(12)23)17-13(18)4-3-5-14(17)19/h3-5,10-11,20H,6-9H2,1-2H3. The van der Waals surface area contributed by atoms with Gasteiger partial charge in [0.05, 0.1) is 5.57 Å². The second-order valence-corrected chi connectivity index (χ2v) is 6.31. The Morgan fingerprint density at radius 2 is 1.96 bits per heavy atom. The summed E-state index contributed by atoms with van der Waals surface area (Å²) in [6, 6.07) is 4.38. The van der Waals surface area contributed by atoms with Gasteiger partial charge in [0.25, 0.3) is 0 Å². The number of ketones is 2. The van der Waals surface area contributed by atoms with Crippen molar-refractivity contribution in [3.8, 4) is 0 Å². The number of halogens is 2. The molecule has 0 radical (unpaired) electrons. The third-order valence-corrected chi connectivity index (χ3v) is 4.15. The van der Waals surface area contributed by atoms with Crippen molar-refractivity contribution >= 4 is 23.2 Å². The van der Waals surface area contributed by atoms with Crippen molar-refractivity contribution in [2.24, 2.45) is 0 Å². The molecule has 4 nitrogen and oxygen atoms in total. The Kier molecular flexibility index (Phi) is 5.91. The van der Waals surface area contributed by atoms with Crippen molar-refractivity contribution < 1.29 is 14.0 Å². The number of likely N-dealkylation sites (N-methyl/N-ethyl adjacent to an activating group) is 1. The lowest BCUT2D eigenvalue weighted by Crippen LogP contribution is -2.29. The summed E-state index contributed by atoms with van der Waals surface area (Å²) in [6.45, 7) is 1.43. The molecule has 1 aliphatic rings. The highest BCUT2D eigenvalue weighted by Gasteiger charge is 2.33. The number of Topliss-reactive ketones (excluding diaryl/α,β-unsaturated/α-hetero) is 2. The van der Waals surface area contributed by atoms with Gasteiger partial charge in [-0.25, -0.2) is 4.39 Å². The second-order valence-electron chi connectivity index (χ2n) is 5.90. The van der Waals surface area contributed by atoms with Crippen LogP contribution in [0.5, 0.6) is 0 Å². The first kappa shape index (κ1) is 17.6. The first-order chi connectivity index (χ1) is 10.9. The van der Waals surface area contributed by atoms with E-state index in [2.05, 4.69) is 5.32 Å². The maximum atomic E-state index is 14.0. The predicted octanol–water partition coefficient (Wildman–Crippen LogP) is 2.53. The van der Waals surface area contributed by atoms with Crippen LogP contribution >= 0.6 is 11.6 Å². The smallest absolute Gasteiger partial charge is 0.168 e. The number of hydrogen-bond donors (Lipinski definition) is 1. The fourth-order valence-electron chi connectivity index (χ4n) is 2.62. The van der Waals surface area contributed by atoms with Crippen molar-refractivity contribution in [2.45, 2.75) is 18.8 Å². The zero-order chi connectivity index (χ0) is 17.0. The topological polar surface area (TPSA) is 49.4 Å². The first-order valence-electron chi connectivity index (χ1n) is 7.48. The van der Waals surface area contributed by atoms with Crippen LogP contribution in [0.15, 0.2) is 30.0 Å². The van der Waals surface area contributed by atoms with E-state index in [0.717, 1.165) is 6.54 Å². The molecule has 23 heavy (non-hydrogen) atoms. The molecule has 1 saturated carbocycles. The zero-order valence-corrected chi connectivity index (χ0v) is 14.0. The number of nitrogens with one attached hydrogen (secondary N) is 1. The van der Waals surface area contributed by atoms with Crippen molar-refractivity contribution in [3.05, 3.63) is 46.4 Å². The second kappa shape index (κ2) is 7.70. The van der Waals surface area contributed by atoms with Crippen LogP contribution in [0.3, 0.4) is 0 Å². The molecule has 0 aliphatic heterocycles. The molecule has 0 bridgehead atoms. The summed E-state index contributed by atoms with van der Waals surface area (Å²) in [4.78, 5) is 26.5. The highest BCUT2D eigenvalue weighted by atomic mass is 35.5. The molecular formula is C17H20ClFN2O2. The van der Waals surface area contributed by atoms with Gasteiger partial charge in [0.1, 0.15) is 5.82 Å². The molecule has 1 fully saturated rings. The number of benzene rings is 1. The molecule has 0 unspecified atom stereocenters. The molecule has 0 amide bonds. The average molecular weight is 339 g/mol. The fourth-order valence-corrected chi connectivity index (χ4v) is 2.94. The summed E-state index contributed by atoms with van der Waals surface area (Å²) in [5.74, 6) is -1.52. The zero-order valence-electron chi connectivity index (χ0n) is 13.2. The third-order valence-electron chi connectivity index (χ3n) is 3.82. The van der Waals surface area contributed by atoms with Crippen LogP contribution < -0.4 is 5.32 Å². The number of carbonyl (C=O) groups is 2. The molecule has 1 aromatic carbocycles. The molecule has 0 saturated heterocycles. The molecule has 0 aromatic heterocycles. The van der Waals surface area contributed by atoms with Crippen LogP contribution in [-0.4, -0.2) is 43.7 Å². The number of carbonyl (C=O) groups excluding carboxylic acids is 2. The lowest BCUT2D eigenvalue weighted by molar-refractivity contribution is -0.124. The van der Waals surface area contributed by atoms with E-state index in [1.807, 2.05) is 19.0 Å². The minimum absolute atomic E-state index is 0.0909. The van der Waals surface area contributed by atoms with Gasteiger partial charge in [-0.1, -0.05) is 17.7 Å². The Bertz CT molecular complexity index is 603. The van der Waals surface area contributed by atoms with Gasteiger partial charge in [-0.3, -0.25) is 9.59 Å². The summed E-state index contributed by atoms with van der Waals surface area (Å²) >= 11 is 6.03. The van der Waals surface area contributed by atoms with E-state index >= 15 is 0 Å². The average Bonchev–Trinajstić information content (AvgIpc) is 2.45. The van der Waals surface area contributed by atoms with Gasteiger partial charge in [0, 0.05) is 48.6 Å². The van der Waals surface area contributed by atoms with Gasteiger partial charge in [-0.2, -0.15) is 0 Å². The molecule has 0 atom stereocenters. The largest absolute Gasteiger partial charge is 0.389 e. The molecule has 1 N–H and O–H groups in total. The van der Waals surface area contributed by atoms with Crippen LogP contribution in [0.2, 0.25) is 5.02 Å². The Morgan fingerprint density at radius 1 is 1.30 bits per heavy atom. The summed E-state index contributed by atoms with van der Waals surface area (Å²) in [7, 11) is 3.88. The van der Waals surface area contributed by atoms with E-state index < -0.39 is 11.7 Å². The van der Waals surface area contributed by atoms with Gasteiger partial charge >= 0.3 is 0 Å². The Labute approximate surface area is 140 Å². The van der Waals surface area contributed by atoms with Gasteiger partial charge in [0.15, 0.2) is 11.6 Å². The van der Waals surface area contributed by atoms with Crippen molar-refractivity contribution in [1.29, 1.82) is 0 Å². The predicted molar refractivity (Wildman–Crippen MR) is 88.0 cm³/mol. The number of nitrogens with zero attached hydrogens (tertiary/aromatic N) is 1. The summed E-state index contributed by atoms with van der Waals surface area (Å²) in [5.41, 5.74) is 0.419. The van der Waals surface area contributed by atoms with Gasteiger partial charge in [0.2, 0.25) is 0 Å². The molecular weight excluding hydrogens is 319 g/mol. The maximum Gasteiger partial charge on any atom is 0.168 e. The SMILES string of the molecule is CN(C)CCNC=C1C(=O)CC(c2c(F)cccc2Cl)CC1=O. The van der Waals surface area contributed by atoms with Crippen LogP contribution in [-0.2, 0) is 9.59 Å².